The molecule has 0 aliphatic carbocycles. The maximum absolute atomic E-state index is 13.1. The van der Waals surface area contributed by atoms with Gasteiger partial charge in [0, 0.05) is 47.2 Å². The predicted molar refractivity (Wildman–Crippen MR) is 135 cm³/mol. The van der Waals surface area contributed by atoms with Crippen molar-refractivity contribution < 1.29 is 13.2 Å². The van der Waals surface area contributed by atoms with Crippen LogP contribution in [0, 0.1) is 0 Å². The number of benzene rings is 2. The Morgan fingerprint density at radius 3 is 2.66 bits per heavy atom. The number of fused-ring (bicyclic) bond motifs is 3. The molecule has 0 spiro atoms. The van der Waals surface area contributed by atoms with Gasteiger partial charge in [0.1, 0.15) is 0 Å². The third kappa shape index (κ3) is 4.74. The fourth-order valence-electron chi connectivity index (χ4n) is 4.36. The Morgan fingerprint density at radius 2 is 1.94 bits per heavy atom. The maximum Gasteiger partial charge on any atom is 0.243 e. The number of carbonyl (C=O) groups is 1. The van der Waals surface area contributed by atoms with Crippen LogP contribution in [-0.4, -0.2) is 66.7 Å². The lowest BCUT2D eigenvalue weighted by molar-refractivity contribution is -0.115. The van der Waals surface area contributed by atoms with E-state index in [9.17, 15) is 13.2 Å². The van der Waals surface area contributed by atoms with E-state index in [0.717, 1.165) is 12.0 Å². The highest BCUT2D eigenvalue weighted by atomic mass is 35.5. The molecule has 2 aliphatic heterocycles. The first-order valence-corrected chi connectivity index (χ1v) is 13.0. The lowest BCUT2D eigenvalue weighted by Crippen LogP contribution is -2.34. The van der Waals surface area contributed by atoms with E-state index >= 15 is 0 Å². The summed E-state index contributed by atoms with van der Waals surface area (Å²) in [5.41, 5.74) is 3.34. The number of aromatic nitrogens is 2. The fraction of sp³-hybridized carbons (Fsp3) is 0.292. The molecule has 2 aromatic carbocycles. The number of hydrogen-bond donors (Lipinski definition) is 2. The summed E-state index contributed by atoms with van der Waals surface area (Å²) in [5, 5.41) is 6.50. The minimum absolute atomic E-state index is 0.152. The molecule has 11 heteroatoms. The van der Waals surface area contributed by atoms with Crippen LogP contribution in [0.3, 0.4) is 0 Å². The van der Waals surface area contributed by atoms with Gasteiger partial charge in [-0.3, -0.25) is 4.79 Å². The van der Waals surface area contributed by atoms with Gasteiger partial charge in [-0.05, 0) is 63.0 Å². The van der Waals surface area contributed by atoms with Gasteiger partial charge in [-0.2, -0.15) is 4.31 Å². The van der Waals surface area contributed by atoms with E-state index in [1.165, 1.54) is 4.31 Å². The van der Waals surface area contributed by atoms with Crippen molar-refractivity contribution in [3.63, 3.8) is 0 Å². The number of nitrogens with one attached hydrogen (secondary N) is 2. The molecule has 1 amide bonds. The van der Waals surface area contributed by atoms with Gasteiger partial charge in [-0.1, -0.05) is 11.6 Å². The van der Waals surface area contributed by atoms with Crippen molar-refractivity contribution in [1.29, 1.82) is 0 Å². The standard InChI is InChI=1S/C24H25ClN6O3S/c1-30(2)18-9-10-31(14-18)35(33,34)19-6-4-17(5-7-19)27-24-26-13-15-11-22(32)28-21-12-16(25)3-8-20(21)23(15)29-24/h3-8,12-13,18H,9-11,14H2,1-2H3,(H,28,32)(H,26,27,29)/t18-/m1/s1. The number of nitrogens with zero attached hydrogens (tertiary/aromatic N) is 4. The molecule has 0 unspecified atom stereocenters. The minimum Gasteiger partial charge on any atom is -0.325 e. The quantitative estimate of drug-likeness (QED) is 0.539. The first kappa shape index (κ1) is 23.7. The SMILES string of the molecule is CN(C)[C@@H]1CCN(S(=O)(=O)c2ccc(Nc3ncc4c(n3)-c3ccc(Cl)cc3NC(=O)C4)cc2)C1. The van der Waals surface area contributed by atoms with Gasteiger partial charge < -0.3 is 15.5 Å². The number of rotatable bonds is 5. The molecular weight excluding hydrogens is 488 g/mol. The second-order valence-corrected chi connectivity index (χ2v) is 11.3. The Bertz CT molecular complexity index is 1390. The number of halogens is 1. The van der Waals surface area contributed by atoms with E-state index in [0.29, 0.717) is 46.7 Å². The second-order valence-electron chi connectivity index (χ2n) is 8.90. The van der Waals surface area contributed by atoms with Crippen LogP contribution in [0.15, 0.2) is 53.6 Å². The van der Waals surface area contributed by atoms with E-state index in [1.54, 1.807) is 42.6 Å². The number of amides is 1. The molecule has 1 atom stereocenters. The maximum atomic E-state index is 13.1. The third-order valence-corrected chi connectivity index (χ3v) is 8.45. The molecular formula is C24H25ClN6O3S. The van der Waals surface area contributed by atoms with Crippen molar-refractivity contribution in [2.45, 2.75) is 23.8 Å². The highest BCUT2D eigenvalue weighted by Crippen LogP contribution is 2.35. The summed E-state index contributed by atoms with van der Waals surface area (Å²) in [4.78, 5) is 23.6. The zero-order chi connectivity index (χ0) is 24.7. The summed E-state index contributed by atoms with van der Waals surface area (Å²) in [6.07, 6.45) is 2.60. The molecule has 1 saturated heterocycles. The molecule has 182 valence electrons. The van der Waals surface area contributed by atoms with Crippen molar-refractivity contribution in [1.82, 2.24) is 19.2 Å². The number of hydrogen-bond acceptors (Lipinski definition) is 7. The highest BCUT2D eigenvalue weighted by Gasteiger charge is 2.33. The molecule has 1 fully saturated rings. The first-order chi connectivity index (χ1) is 16.7. The van der Waals surface area contributed by atoms with Gasteiger partial charge in [-0.25, -0.2) is 18.4 Å². The van der Waals surface area contributed by atoms with Gasteiger partial charge >= 0.3 is 0 Å². The lowest BCUT2D eigenvalue weighted by Gasteiger charge is -2.20. The summed E-state index contributed by atoms with van der Waals surface area (Å²) in [6.45, 7) is 1.00. The number of likely N-dealkylation sites (N-methyl/N-ethyl adjacent to an activating group) is 1. The molecule has 3 aromatic rings. The smallest absolute Gasteiger partial charge is 0.243 e. The van der Waals surface area contributed by atoms with Crippen LogP contribution in [0.5, 0.6) is 0 Å². The van der Waals surface area contributed by atoms with E-state index < -0.39 is 10.0 Å². The van der Waals surface area contributed by atoms with Gasteiger partial charge in [0.2, 0.25) is 21.9 Å². The van der Waals surface area contributed by atoms with E-state index in [1.807, 2.05) is 20.2 Å². The number of sulfonamides is 1. The molecule has 5 rings (SSSR count). The first-order valence-electron chi connectivity index (χ1n) is 11.2. The summed E-state index contributed by atoms with van der Waals surface area (Å²) >= 11 is 6.11. The summed E-state index contributed by atoms with van der Waals surface area (Å²) in [7, 11) is 0.377. The molecule has 2 N–H and O–H groups in total. The minimum atomic E-state index is -3.56. The summed E-state index contributed by atoms with van der Waals surface area (Å²) < 4.78 is 27.6. The zero-order valence-electron chi connectivity index (χ0n) is 19.3. The van der Waals surface area contributed by atoms with Crippen LogP contribution < -0.4 is 10.6 Å². The monoisotopic (exact) mass is 512 g/mol. The number of anilines is 3. The average molecular weight is 513 g/mol. The molecule has 35 heavy (non-hydrogen) atoms. The average Bonchev–Trinajstić information content (AvgIpc) is 3.28. The molecule has 3 heterocycles. The molecule has 9 nitrogen and oxygen atoms in total. The summed E-state index contributed by atoms with van der Waals surface area (Å²) in [6, 6.07) is 12.0. The van der Waals surface area contributed by atoms with Crippen LogP contribution in [0.1, 0.15) is 12.0 Å². The number of carbonyl (C=O) groups excluding carboxylic acids is 1. The highest BCUT2D eigenvalue weighted by molar-refractivity contribution is 7.89. The van der Waals surface area contributed by atoms with Crippen LogP contribution in [-0.2, 0) is 21.2 Å². The lowest BCUT2D eigenvalue weighted by atomic mass is 10.1. The van der Waals surface area contributed by atoms with Crippen molar-refractivity contribution in [3.05, 3.63) is 59.2 Å². The predicted octanol–water partition coefficient (Wildman–Crippen LogP) is 3.36. The van der Waals surface area contributed by atoms with Crippen molar-refractivity contribution in [2.75, 3.05) is 37.8 Å². The van der Waals surface area contributed by atoms with E-state index in [-0.39, 0.29) is 23.3 Å². The van der Waals surface area contributed by atoms with Gasteiger partial charge in [-0.15, -0.1) is 0 Å². The second kappa shape index (κ2) is 9.19. The largest absolute Gasteiger partial charge is 0.325 e. The molecule has 0 bridgehead atoms. The van der Waals surface area contributed by atoms with Crippen molar-refractivity contribution >= 4 is 44.9 Å². The Balaban J connectivity index is 1.38. The van der Waals surface area contributed by atoms with Gasteiger partial charge in [0.05, 0.1) is 22.7 Å². The molecule has 1 aromatic heterocycles. The normalized spacial score (nSPS) is 18.1. The third-order valence-electron chi connectivity index (χ3n) is 6.33. The Hall–Kier alpha value is -3.05. The zero-order valence-corrected chi connectivity index (χ0v) is 20.9. The topological polar surface area (TPSA) is 108 Å². The van der Waals surface area contributed by atoms with Crippen molar-refractivity contribution in [3.8, 4) is 11.3 Å². The fourth-order valence-corrected chi connectivity index (χ4v) is 6.03. The molecule has 0 saturated carbocycles. The summed E-state index contributed by atoms with van der Waals surface area (Å²) in [5.74, 6) is 0.172. The van der Waals surface area contributed by atoms with Gasteiger partial charge in [0.15, 0.2) is 0 Å². The van der Waals surface area contributed by atoms with Crippen molar-refractivity contribution in [2.24, 2.45) is 0 Å². The van der Waals surface area contributed by atoms with Crippen LogP contribution >= 0.6 is 11.6 Å². The van der Waals surface area contributed by atoms with Gasteiger partial charge in [0.25, 0.3) is 0 Å². The molecule has 2 aliphatic rings. The van der Waals surface area contributed by atoms with Crippen LogP contribution in [0.25, 0.3) is 11.3 Å². The van der Waals surface area contributed by atoms with E-state index in [4.69, 9.17) is 11.6 Å². The Labute approximate surface area is 209 Å². The Morgan fingerprint density at radius 1 is 1.17 bits per heavy atom. The van der Waals surface area contributed by atoms with E-state index in [2.05, 4.69) is 25.5 Å². The van der Waals surface area contributed by atoms with Crippen LogP contribution in [0.4, 0.5) is 17.3 Å². The Kier molecular flexibility index (Phi) is 6.22. The van der Waals surface area contributed by atoms with Crippen LogP contribution in [0.2, 0.25) is 5.02 Å². The molecule has 0 radical (unpaired) electrons.